The lowest BCUT2D eigenvalue weighted by Crippen LogP contribution is -2.30. The highest BCUT2D eigenvalue weighted by molar-refractivity contribution is 7.47. The number of aliphatic hydroxyl groups is 1. The fourth-order valence-electron chi connectivity index (χ4n) is 11.6. The molecular formula is C76H148O17P2. The molecule has 0 aromatic rings. The Hall–Kier alpha value is -1.94. The third-order valence-corrected chi connectivity index (χ3v) is 20.0. The van der Waals surface area contributed by atoms with Crippen molar-refractivity contribution in [2.24, 2.45) is 11.8 Å². The molecule has 0 amide bonds. The molecule has 0 aromatic carbocycles. The molecule has 0 aliphatic carbocycles. The van der Waals surface area contributed by atoms with Gasteiger partial charge in [-0.2, -0.15) is 0 Å². The molecule has 0 saturated heterocycles. The van der Waals surface area contributed by atoms with Gasteiger partial charge in [0.15, 0.2) is 12.2 Å². The maximum Gasteiger partial charge on any atom is 0.472 e. The van der Waals surface area contributed by atoms with Crippen LogP contribution in [0.25, 0.3) is 0 Å². The van der Waals surface area contributed by atoms with Crippen molar-refractivity contribution < 1.29 is 80.2 Å². The molecule has 0 rings (SSSR count). The first kappa shape index (κ1) is 93.1. The monoisotopic (exact) mass is 1400 g/mol. The molecule has 0 heterocycles. The van der Waals surface area contributed by atoms with Gasteiger partial charge in [0.25, 0.3) is 0 Å². The van der Waals surface area contributed by atoms with E-state index in [1.807, 2.05) is 0 Å². The van der Waals surface area contributed by atoms with E-state index >= 15 is 0 Å². The van der Waals surface area contributed by atoms with E-state index < -0.39 is 97.5 Å². The highest BCUT2D eigenvalue weighted by Gasteiger charge is 2.30. The molecule has 0 saturated carbocycles. The van der Waals surface area contributed by atoms with Crippen LogP contribution in [0.1, 0.15) is 395 Å². The third kappa shape index (κ3) is 69.0. The van der Waals surface area contributed by atoms with Crippen molar-refractivity contribution in [2.75, 3.05) is 39.6 Å². The van der Waals surface area contributed by atoms with E-state index in [4.69, 9.17) is 37.0 Å². The summed E-state index contributed by atoms with van der Waals surface area (Å²) in [5, 5.41) is 10.6. The van der Waals surface area contributed by atoms with Crippen LogP contribution in [0.5, 0.6) is 0 Å². The van der Waals surface area contributed by atoms with Gasteiger partial charge in [0.2, 0.25) is 0 Å². The summed E-state index contributed by atoms with van der Waals surface area (Å²) < 4.78 is 68.6. The normalized spacial score (nSPS) is 14.3. The first-order valence-electron chi connectivity index (χ1n) is 39.5. The molecule has 95 heavy (non-hydrogen) atoms. The number of rotatable bonds is 75. The Bertz CT molecular complexity index is 1840. The Morgan fingerprint density at radius 3 is 0.800 bits per heavy atom. The molecule has 17 nitrogen and oxygen atoms in total. The number of carbonyl (C=O) groups is 4. The van der Waals surface area contributed by atoms with Crippen LogP contribution in [0, 0.1) is 11.8 Å². The van der Waals surface area contributed by atoms with Gasteiger partial charge in [0, 0.05) is 25.7 Å². The highest BCUT2D eigenvalue weighted by Crippen LogP contribution is 2.45. The molecule has 3 N–H and O–H groups in total. The van der Waals surface area contributed by atoms with Gasteiger partial charge < -0.3 is 33.8 Å². The van der Waals surface area contributed by atoms with Gasteiger partial charge in [-0.15, -0.1) is 0 Å². The zero-order valence-corrected chi connectivity index (χ0v) is 63.8. The van der Waals surface area contributed by atoms with Gasteiger partial charge in [-0.05, 0) is 37.5 Å². The molecule has 564 valence electrons. The zero-order chi connectivity index (χ0) is 70.0. The largest absolute Gasteiger partial charge is 0.472 e. The van der Waals surface area contributed by atoms with Crippen LogP contribution >= 0.6 is 15.6 Å². The quantitative estimate of drug-likeness (QED) is 0.0222. The number of unbranched alkanes of at least 4 members (excludes halogenated alkanes) is 44. The van der Waals surface area contributed by atoms with Crippen LogP contribution in [0.2, 0.25) is 0 Å². The highest BCUT2D eigenvalue weighted by atomic mass is 31.2. The predicted octanol–water partition coefficient (Wildman–Crippen LogP) is 22.3. The number of phosphoric acid groups is 2. The van der Waals surface area contributed by atoms with Crippen molar-refractivity contribution in [3.63, 3.8) is 0 Å². The Labute approximate surface area is 581 Å². The van der Waals surface area contributed by atoms with Crippen LogP contribution in [-0.2, 0) is 65.4 Å². The van der Waals surface area contributed by atoms with Gasteiger partial charge in [-0.3, -0.25) is 37.3 Å². The summed E-state index contributed by atoms with van der Waals surface area (Å²) in [7, 11) is -9.91. The molecule has 0 aromatic heterocycles. The van der Waals surface area contributed by atoms with Crippen molar-refractivity contribution in [3.05, 3.63) is 0 Å². The van der Waals surface area contributed by atoms with E-state index in [1.165, 1.54) is 212 Å². The SMILES string of the molecule is CCCCCCCCCCCCCCCCCC(=O)O[C@H](COC(=O)CCCCCCCCCCCCC(C)CC)COP(=O)(O)OC[C@@H](O)COP(=O)(O)OC[C@@H](COC(=O)CCCCCCCCCCCCCCC)OC(=O)CCCCCCCCCCCCC(C)C. The second-order valence-electron chi connectivity index (χ2n) is 28.1. The molecule has 19 heteroatoms. The second kappa shape index (κ2) is 67.9. The van der Waals surface area contributed by atoms with Crippen LogP contribution in [0.3, 0.4) is 0 Å². The van der Waals surface area contributed by atoms with Crippen LogP contribution < -0.4 is 0 Å². The van der Waals surface area contributed by atoms with Crippen molar-refractivity contribution in [3.8, 4) is 0 Å². The number of hydrogen-bond acceptors (Lipinski definition) is 15. The lowest BCUT2D eigenvalue weighted by atomic mass is 9.99. The van der Waals surface area contributed by atoms with Gasteiger partial charge in [-0.1, -0.05) is 343 Å². The van der Waals surface area contributed by atoms with E-state index in [2.05, 4.69) is 41.5 Å². The fraction of sp³-hybridized carbons (Fsp3) is 0.947. The van der Waals surface area contributed by atoms with Crippen LogP contribution in [-0.4, -0.2) is 96.7 Å². The average molecular weight is 1400 g/mol. The molecule has 0 aliphatic heterocycles. The second-order valence-corrected chi connectivity index (χ2v) is 31.0. The Balaban J connectivity index is 5.27. The molecular weight excluding hydrogens is 1250 g/mol. The summed E-state index contributed by atoms with van der Waals surface area (Å²) in [6, 6.07) is 0. The van der Waals surface area contributed by atoms with E-state index in [9.17, 15) is 43.2 Å². The molecule has 0 fully saturated rings. The van der Waals surface area contributed by atoms with Crippen LogP contribution in [0.4, 0.5) is 0 Å². The van der Waals surface area contributed by atoms with Crippen molar-refractivity contribution in [2.45, 2.75) is 413 Å². The van der Waals surface area contributed by atoms with E-state index in [-0.39, 0.29) is 25.7 Å². The van der Waals surface area contributed by atoms with Crippen LogP contribution in [0.15, 0.2) is 0 Å². The first-order chi connectivity index (χ1) is 45.9. The number of esters is 4. The smallest absolute Gasteiger partial charge is 0.462 e. The minimum atomic E-state index is -4.96. The predicted molar refractivity (Wildman–Crippen MR) is 386 cm³/mol. The number of aliphatic hydroxyl groups excluding tert-OH is 1. The molecule has 0 aliphatic rings. The summed E-state index contributed by atoms with van der Waals surface area (Å²) in [5.41, 5.74) is 0. The standard InChI is InChI=1S/C76H148O17P2/c1-7-10-12-14-16-18-20-22-23-25-27-36-42-48-54-60-75(80)92-71(65-87-74(79)59-53-47-41-35-31-29-33-39-45-51-57-69(6)9-3)66-90-94(82,83)88-62-70(77)63-89-95(84,85)91-67-72(93-76(81)61-55-49-43-37-30-28-32-38-44-50-56-68(4)5)64-86-73(78)58-52-46-40-34-26-24-21-19-17-15-13-11-8-2/h68-72,77H,7-67H2,1-6H3,(H,82,83)(H,84,85)/t69?,70-,71-,72-/m1/s1. The molecule has 0 radical (unpaired) electrons. The van der Waals surface area contributed by atoms with Gasteiger partial charge in [0.05, 0.1) is 26.4 Å². The number of hydrogen-bond donors (Lipinski definition) is 3. The maximum absolute atomic E-state index is 13.1. The first-order valence-corrected chi connectivity index (χ1v) is 42.5. The van der Waals surface area contributed by atoms with E-state index in [0.717, 1.165) is 102 Å². The Kier molecular flexibility index (Phi) is 66.5. The van der Waals surface area contributed by atoms with Gasteiger partial charge >= 0.3 is 39.5 Å². The fourth-order valence-corrected chi connectivity index (χ4v) is 13.2. The zero-order valence-electron chi connectivity index (χ0n) is 62.0. The van der Waals surface area contributed by atoms with Gasteiger partial charge in [0.1, 0.15) is 19.3 Å². The lowest BCUT2D eigenvalue weighted by Gasteiger charge is -2.21. The van der Waals surface area contributed by atoms with Gasteiger partial charge in [-0.25, -0.2) is 9.13 Å². The average Bonchev–Trinajstić information content (AvgIpc) is 3.75. The number of ether oxygens (including phenoxy) is 4. The molecule has 6 atom stereocenters. The van der Waals surface area contributed by atoms with Crippen molar-refractivity contribution in [1.82, 2.24) is 0 Å². The Morgan fingerprint density at radius 1 is 0.305 bits per heavy atom. The molecule has 0 bridgehead atoms. The van der Waals surface area contributed by atoms with Crippen molar-refractivity contribution in [1.29, 1.82) is 0 Å². The Morgan fingerprint density at radius 2 is 0.537 bits per heavy atom. The maximum atomic E-state index is 13.1. The topological polar surface area (TPSA) is 237 Å². The summed E-state index contributed by atoms with van der Waals surface area (Å²) in [6.07, 6.45) is 55.2. The van der Waals surface area contributed by atoms with Crippen molar-refractivity contribution >= 4 is 39.5 Å². The lowest BCUT2D eigenvalue weighted by molar-refractivity contribution is -0.161. The van der Waals surface area contributed by atoms with E-state index in [1.54, 1.807) is 0 Å². The molecule has 0 spiro atoms. The third-order valence-electron chi connectivity index (χ3n) is 18.1. The number of phosphoric ester groups is 2. The minimum Gasteiger partial charge on any atom is -0.462 e. The summed E-state index contributed by atoms with van der Waals surface area (Å²) in [4.78, 5) is 72.9. The number of carbonyl (C=O) groups excluding carboxylic acids is 4. The minimum absolute atomic E-state index is 0.106. The summed E-state index contributed by atoms with van der Waals surface area (Å²) in [6.45, 7) is 9.63. The summed E-state index contributed by atoms with van der Waals surface area (Å²) >= 11 is 0. The molecule has 3 unspecified atom stereocenters. The summed E-state index contributed by atoms with van der Waals surface area (Å²) in [5.74, 6) is -0.551. The van der Waals surface area contributed by atoms with E-state index in [0.29, 0.717) is 25.7 Å².